The molecule has 0 aliphatic heterocycles. The summed E-state index contributed by atoms with van der Waals surface area (Å²) in [6, 6.07) is 6.50. The van der Waals surface area contributed by atoms with E-state index in [1.807, 2.05) is 0 Å². The molecule has 0 bridgehead atoms. The van der Waals surface area contributed by atoms with Crippen LogP contribution in [0.3, 0.4) is 0 Å². The smallest absolute Gasteiger partial charge is 0.422 e. The zero-order valence-corrected chi connectivity index (χ0v) is 15.6. The fourth-order valence-corrected chi connectivity index (χ4v) is 2.86. The van der Waals surface area contributed by atoms with Gasteiger partial charge in [-0.05, 0) is 37.0 Å². The molecule has 1 aromatic rings. The van der Waals surface area contributed by atoms with Crippen LogP contribution in [0.4, 0.5) is 13.2 Å². The molecule has 0 amide bonds. The van der Waals surface area contributed by atoms with Gasteiger partial charge in [0.1, 0.15) is 5.75 Å². The molecule has 0 spiro atoms. The lowest BCUT2D eigenvalue weighted by Gasteiger charge is -2.14. The summed E-state index contributed by atoms with van der Waals surface area (Å²) < 4.78 is 46.9. The largest absolute Gasteiger partial charge is 0.484 e. The monoisotopic (exact) mass is 387 g/mol. The van der Waals surface area contributed by atoms with Crippen molar-refractivity contribution in [3.05, 3.63) is 29.8 Å². The molecule has 152 valence electrons. The predicted octanol–water partition coefficient (Wildman–Crippen LogP) is 3.64. The molecule has 0 heterocycles. The maximum atomic E-state index is 12.1. The average Bonchev–Trinajstić information content (AvgIpc) is 3.16. The van der Waals surface area contributed by atoms with Gasteiger partial charge < -0.3 is 20.1 Å². The lowest BCUT2D eigenvalue weighted by Crippen LogP contribution is -2.37. The maximum absolute atomic E-state index is 12.1. The molecule has 1 saturated carbocycles. The molecular weight excluding hydrogens is 359 g/mol. The van der Waals surface area contributed by atoms with E-state index in [-0.39, 0.29) is 5.75 Å². The van der Waals surface area contributed by atoms with Crippen LogP contribution in [0.1, 0.15) is 37.7 Å². The minimum atomic E-state index is -4.33. The molecule has 2 rings (SSSR count). The van der Waals surface area contributed by atoms with E-state index < -0.39 is 12.8 Å². The molecule has 8 heteroatoms. The fourth-order valence-electron chi connectivity index (χ4n) is 2.86. The highest BCUT2D eigenvalue weighted by atomic mass is 19.4. The number of nitrogens with one attached hydrogen (secondary N) is 2. The maximum Gasteiger partial charge on any atom is 0.422 e. The predicted molar refractivity (Wildman–Crippen MR) is 99.0 cm³/mol. The summed E-state index contributed by atoms with van der Waals surface area (Å²) in [6.07, 6.45) is 1.91. The van der Waals surface area contributed by atoms with E-state index >= 15 is 0 Å². The van der Waals surface area contributed by atoms with Crippen LogP contribution < -0.4 is 15.4 Å². The number of nitrogens with zero attached hydrogens (tertiary/aromatic N) is 1. The molecule has 0 unspecified atom stereocenters. The van der Waals surface area contributed by atoms with Crippen molar-refractivity contribution in [3.63, 3.8) is 0 Å². The number of guanidine groups is 1. The molecule has 0 saturated heterocycles. The number of hydrogen-bond acceptors (Lipinski definition) is 3. The Balaban J connectivity index is 1.61. The highest BCUT2D eigenvalue weighted by Crippen LogP contribution is 2.21. The summed E-state index contributed by atoms with van der Waals surface area (Å²) in [6.45, 7) is 0.730. The first-order chi connectivity index (χ1) is 13.0. The second-order valence-corrected chi connectivity index (χ2v) is 6.53. The Hall–Kier alpha value is -1.96. The van der Waals surface area contributed by atoms with E-state index in [1.54, 1.807) is 19.2 Å². The van der Waals surface area contributed by atoms with E-state index in [2.05, 4.69) is 15.6 Å². The molecular formula is C19H28F3N3O2. The molecule has 0 radical (unpaired) electrons. The minimum Gasteiger partial charge on any atom is -0.484 e. The van der Waals surface area contributed by atoms with Crippen molar-refractivity contribution in [3.8, 4) is 5.75 Å². The summed E-state index contributed by atoms with van der Waals surface area (Å²) in [4.78, 5) is 4.16. The van der Waals surface area contributed by atoms with E-state index in [0.717, 1.165) is 25.1 Å². The molecule has 1 aliphatic rings. The van der Waals surface area contributed by atoms with Crippen LogP contribution in [0.25, 0.3) is 0 Å². The van der Waals surface area contributed by atoms with Gasteiger partial charge in [-0.1, -0.05) is 25.0 Å². The second-order valence-electron chi connectivity index (χ2n) is 6.53. The SMILES string of the molecule is CN=C(NCCCOC1CCCC1)NCc1ccc(OCC(F)(F)F)cc1. The highest BCUT2D eigenvalue weighted by Gasteiger charge is 2.28. The standard InChI is InChI=1S/C19H28F3N3O2/c1-23-18(24-11-4-12-26-16-5-2-3-6-16)25-13-15-7-9-17(10-8-15)27-14-19(20,21)22/h7-10,16H,2-6,11-14H2,1H3,(H2,23,24,25). The number of ether oxygens (including phenoxy) is 2. The third-order valence-corrected chi connectivity index (χ3v) is 4.28. The first kappa shape index (κ1) is 21.3. The number of alkyl halides is 3. The zero-order valence-electron chi connectivity index (χ0n) is 15.6. The number of halogens is 3. The number of benzene rings is 1. The van der Waals surface area contributed by atoms with Crippen LogP contribution >= 0.6 is 0 Å². The van der Waals surface area contributed by atoms with E-state index in [9.17, 15) is 13.2 Å². The van der Waals surface area contributed by atoms with Gasteiger partial charge in [0.15, 0.2) is 12.6 Å². The summed E-state index contributed by atoms with van der Waals surface area (Å²) >= 11 is 0. The van der Waals surface area contributed by atoms with Gasteiger partial charge in [-0.15, -0.1) is 0 Å². The Kier molecular flexibility index (Phi) is 8.71. The van der Waals surface area contributed by atoms with Gasteiger partial charge in [-0.3, -0.25) is 4.99 Å². The van der Waals surface area contributed by atoms with Crippen molar-refractivity contribution < 1.29 is 22.6 Å². The molecule has 1 fully saturated rings. The molecule has 27 heavy (non-hydrogen) atoms. The van der Waals surface area contributed by atoms with Crippen LogP contribution in [0.5, 0.6) is 5.75 Å². The van der Waals surface area contributed by atoms with E-state index in [1.165, 1.54) is 37.8 Å². The van der Waals surface area contributed by atoms with Gasteiger partial charge in [0.2, 0.25) is 0 Å². The number of aliphatic imine (C=N–C) groups is 1. The fraction of sp³-hybridized carbons (Fsp3) is 0.632. The van der Waals surface area contributed by atoms with Gasteiger partial charge in [0.25, 0.3) is 0 Å². The molecule has 2 N–H and O–H groups in total. The Morgan fingerprint density at radius 2 is 1.85 bits per heavy atom. The molecule has 1 aliphatic carbocycles. The lowest BCUT2D eigenvalue weighted by molar-refractivity contribution is -0.153. The van der Waals surface area contributed by atoms with Crippen LogP contribution in [0.15, 0.2) is 29.3 Å². The van der Waals surface area contributed by atoms with Crippen molar-refractivity contribution in [1.82, 2.24) is 10.6 Å². The molecule has 0 atom stereocenters. The quantitative estimate of drug-likeness (QED) is 0.386. The van der Waals surface area contributed by atoms with Crippen molar-refractivity contribution in [1.29, 1.82) is 0 Å². The Morgan fingerprint density at radius 1 is 1.15 bits per heavy atom. The van der Waals surface area contributed by atoms with Crippen LogP contribution in [0.2, 0.25) is 0 Å². The Bertz CT molecular complexity index is 571. The van der Waals surface area contributed by atoms with Gasteiger partial charge >= 0.3 is 6.18 Å². The third kappa shape index (κ3) is 8.99. The van der Waals surface area contributed by atoms with Crippen molar-refractivity contribution in [2.75, 3.05) is 26.8 Å². The highest BCUT2D eigenvalue weighted by molar-refractivity contribution is 5.79. The third-order valence-electron chi connectivity index (χ3n) is 4.28. The Labute approximate surface area is 158 Å². The number of hydrogen-bond donors (Lipinski definition) is 2. The van der Waals surface area contributed by atoms with Crippen LogP contribution in [0, 0.1) is 0 Å². The summed E-state index contributed by atoms with van der Waals surface area (Å²) in [5, 5.41) is 6.39. The minimum absolute atomic E-state index is 0.195. The summed E-state index contributed by atoms with van der Waals surface area (Å²) in [5.74, 6) is 0.870. The van der Waals surface area contributed by atoms with E-state index in [4.69, 9.17) is 9.47 Å². The Morgan fingerprint density at radius 3 is 2.48 bits per heavy atom. The average molecular weight is 387 g/mol. The number of rotatable bonds is 9. The van der Waals surface area contributed by atoms with Gasteiger partial charge in [-0.2, -0.15) is 13.2 Å². The molecule has 1 aromatic carbocycles. The van der Waals surface area contributed by atoms with Gasteiger partial charge in [-0.25, -0.2) is 0 Å². The first-order valence-corrected chi connectivity index (χ1v) is 9.31. The molecule has 0 aromatic heterocycles. The van der Waals surface area contributed by atoms with Crippen LogP contribution in [-0.2, 0) is 11.3 Å². The van der Waals surface area contributed by atoms with Gasteiger partial charge in [0.05, 0.1) is 6.10 Å². The summed E-state index contributed by atoms with van der Waals surface area (Å²) in [7, 11) is 1.69. The summed E-state index contributed by atoms with van der Waals surface area (Å²) in [5.41, 5.74) is 0.918. The lowest BCUT2D eigenvalue weighted by atomic mass is 10.2. The van der Waals surface area contributed by atoms with Crippen molar-refractivity contribution >= 4 is 5.96 Å². The molecule has 5 nitrogen and oxygen atoms in total. The second kappa shape index (κ2) is 11.0. The van der Waals surface area contributed by atoms with E-state index in [0.29, 0.717) is 18.6 Å². The van der Waals surface area contributed by atoms with Gasteiger partial charge in [0, 0.05) is 26.7 Å². The first-order valence-electron chi connectivity index (χ1n) is 9.31. The topological polar surface area (TPSA) is 54.9 Å². The normalized spacial score (nSPS) is 15.8. The zero-order chi connectivity index (χ0) is 19.5. The van der Waals surface area contributed by atoms with Crippen molar-refractivity contribution in [2.45, 2.75) is 50.9 Å². The van der Waals surface area contributed by atoms with Crippen molar-refractivity contribution in [2.24, 2.45) is 4.99 Å². The van der Waals surface area contributed by atoms with Crippen LogP contribution in [-0.4, -0.2) is 45.0 Å².